The summed E-state index contributed by atoms with van der Waals surface area (Å²) < 4.78 is 6.97. The van der Waals surface area contributed by atoms with Gasteiger partial charge in [-0.25, -0.2) is 4.98 Å². The lowest BCUT2D eigenvalue weighted by Gasteiger charge is -2.11. The van der Waals surface area contributed by atoms with Crippen molar-refractivity contribution in [2.75, 3.05) is 7.05 Å². The molecule has 4 rings (SSSR count). The highest BCUT2D eigenvalue weighted by Crippen LogP contribution is 2.23. The molecule has 0 aliphatic heterocycles. The summed E-state index contributed by atoms with van der Waals surface area (Å²) in [6.45, 7) is 1.35. The lowest BCUT2D eigenvalue weighted by atomic mass is 10.2. The predicted octanol–water partition coefficient (Wildman–Crippen LogP) is 3.98. The highest BCUT2D eigenvalue weighted by molar-refractivity contribution is 7.18. The number of hydrogen-bond acceptors (Lipinski definition) is 6. The van der Waals surface area contributed by atoms with Gasteiger partial charge in [-0.15, -0.1) is 21.5 Å². The van der Waals surface area contributed by atoms with E-state index in [1.807, 2.05) is 55.6 Å². The van der Waals surface area contributed by atoms with Crippen LogP contribution >= 0.6 is 11.3 Å². The zero-order chi connectivity index (χ0) is 16.4. The topological polar surface area (TPSA) is 55.1 Å². The first-order valence-corrected chi connectivity index (χ1v) is 8.50. The molecule has 0 saturated heterocycles. The van der Waals surface area contributed by atoms with Crippen LogP contribution in [0.1, 0.15) is 10.9 Å². The van der Waals surface area contributed by atoms with Crippen LogP contribution in [0.15, 0.2) is 59.0 Å². The molecule has 0 atom stereocenters. The summed E-state index contributed by atoms with van der Waals surface area (Å²) in [4.78, 5) is 6.78. The summed E-state index contributed by atoms with van der Waals surface area (Å²) in [7, 11) is 2.03. The van der Waals surface area contributed by atoms with E-state index >= 15 is 0 Å². The average Bonchev–Trinajstić information content (AvgIpc) is 3.21. The third-order valence-electron chi connectivity index (χ3n) is 3.64. The van der Waals surface area contributed by atoms with Gasteiger partial charge in [-0.05, 0) is 31.3 Å². The van der Waals surface area contributed by atoms with Gasteiger partial charge in [0.2, 0.25) is 11.8 Å². The Morgan fingerprint density at radius 1 is 0.958 bits per heavy atom. The number of benzene rings is 2. The highest BCUT2D eigenvalue weighted by atomic mass is 32.1. The van der Waals surface area contributed by atoms with Gasteiger partial charge in [-0.1, -0.05) is 30.3 Å². The van der Waals surface area contributed by atoms with Crippen molar-refractivity contribution in [2.45, 2.75) is 13.1 Å². The molecule has 120 valence electrons. The zero-order valence-corrected chi connectivity index (χ0v) is 14.0. The van der Waals surface area contributed by atoms with Crippen molar-refractivity contribution in [3.63, 3.8) is 0 Å². The Morgan fingerprint density at radius 3 is 2.58 bits per heavy atom. The number of rotatable bonds is 5. The van der Waals surface area contributed by atoms with Crippen molar-refractivity contribution in [2.24, 2.45) is 0 Å². The first-order chi connectivity index (χ1) is 11.8. The van der Waals surface area contributed by atoms with E-state index in [1.54, 1.807) is 11.3 Å². The molecule has 0 spiro atoms. The SMILES string of the molecule is CN(Cc1nnc(-c2ccccc2)o1)Cc1nc2ccccc2s1. The Morgan fingerprint density at radius 2 is 1.75 bits per heavy atom. The summed E-state index contributed by atoms with van der Waals surface area (Å²) in [6.07, 6.45) is 0. The second kappa shape index (κ2) is 6.51. The average molecular weight is 336 g/mol. The van der Waals surface area contributed by atoms with E-state index in [4.69, 9.17) is 4.42 Å². The molecular weight excluding hydrogens is 320 g/mol. The van der Waals surface area contributed by atoms with Crippen molar-refractivity contribution in [3.8, 4) is 11.5 Å². The number of aromatic nitrogens is 3. The zero-order valence-electron chi connectivity index (χ0n) is 13.2. The Hall–Kier alpha value is -2.57. The van der Waals surface area contributed by atoms with Gasteiger partial charge in [0.25, 0.3) is 0 Å². The molecule has 4 aromatic rings. The van der Waals surface area contributed by atoms with Crippen molar-refractivity contribution in [3.05, 3.63) is 65.5 Å². The second-order valence-corrected chi connectivity index (χ2v) is 6.73. The minimum Gasteiger partial charge on any atom is -0.419 e. The number of para-hydroxylation sites is 1. The lowest BCUT2D eigenvalue weighted by molar-refractivity contribution is 0.282. The fraction of sp³-hybridized carbons (Fsp3) is 0.167. The quantitative estimate of drug-likeness (QED) is 0.552. The molecule has 0 unspecified atom stereocenters. The number of hydrogen-bond donors (Lipinski definition) is 0. The first kappa shape index (κ1) is 15.0. The summed E-state index contributed by atoms with van der Waals surface area (Å²) in [5, 5.41) is 9.35. The number of nitrogens with zero attached hydrogens (tertiary/aromatic N) is 4. The van der Waals surface area contributed by atoms with Crippen molar-refractivity contribution >= 4 is 21.6 Å². The van der Waals surface area contributed by atoms with Gasteiger partial charge >= 0.3 is 0 Å². The molecule has 0 N–H and O–H groups in total. The van der Waals surface area contributed by atoms with E-state index < -0.39 is 0 Å². The van der Waals surface area contributed by atoms with E-state index in [0.29, 0.717) is 18.3 Å². The maximum atomic E-state index is 5.76. The molecule has 0 aliphatic rings. The van der Waals surface area contributed by atoms with Crippen molar-refractivity contribution in [1.82, 2.24) is 20.1 Å². The molecule has 0 saturated carbocycles. The van der Waals surface area contributed by atoms with Gasteiger partial charge in [0.1, 0.15) is 5.01 Å². The molecule has 0 amide bonds. The van der Waals surface area contributed by atoms with Gasteiger partial charge < -0.3 is 4.42 Å². The summed E-state index contributed by atoms with van der Waals surface area (Å²) in [6, 6.07) is 18.0. The van der Waals surface area contributed by atoms with E-state index in [2.05, 4.69) is 26.1 Å². The van der Waals surface area contributed by atoms with E-state index in [1.165, 1.54) is 4.70 Å². The molecule has 0 radical (unpaired) electrons. The maximum Gasteiger partial charge on any atom is 0.247 e. The van der Waals surface area contributed by atoms with Crippen LogP contribution in [0, 0.1) is 0 Å². The standard InChI is InChI=1S/C18H16N4OS/c1-22(12-17-19-14-9-5-6-10-15(14)24-17)11-16-20-21-18(23-16)13-7-3-2-4-8-13/h2-10H,11-12H2,1H3. The van der Waals surface area contributed by atoms with Gasteiger partial charge in [0.15, 0.2) is 0 Å². The van der Waals surface area contributed by atoms with Crippen LogP contribution in [-0.4, -0.2) is 27.1 Å². The molecule has 6 heteroatoms. The predicted molar refractivity (Wildman–Crippen MR) is 94.5 cm³/mol. The van der Waals surface area contributed by atoms with Crippen LogP contribution in [0.4, 0.5) is 0 Å². The minimum absolute atomic E-state index is 0.555. The largest absolute Gasteiger partial charge is 0.419 e. The molecule has 0 aliphatic carbocycles. The van der Waals surface area contributed by atoms with Crippen LogP contribution < -0.4 is 0 Å². The molecule has 24 heavy (non-hydrogen) atoms. The minimum atomic E-state index is 0.555. The maximum absolute atomic E-state index is 5.76. The van der Waals surface area contributed by atoms with Gasteiger partial charge in [-0.3, -0.25) is 4.90 Å². The molecule has 5 nitrogen and oxygen atoms in total. The van der Waals surface area contributed by atoms with Crippen LogP contribution in [0.5, 0.6) is 0 Å². The molecule has 2 aromatic carbocycles. The molecular formula is C18H16N4OS. The normalized spacial score (nSPS) is 11.4. The second-order valence-electron chi connectivity index (χ2n) is 5.61. The van der Waals surface area contributed by atoms with Crippen molar-refractivity contribution in [1.29, 1.82) is 0 Å². The van der Waals surface area contributed by atoms with Gasteiger partial charge in [0, 0.05) is 5.56 Å². The monoisotopic (exact) mass is 336 g/mol. The molecule has 2 heterocycles. The summed E-state index contributed by atoms with van der Waals surface area (Å²) in [5.74, 6) is 1.16. The van der Waals surface area contributed by atoms with Gasteiger partial charge in [-0.2, -0.15) is 0 Å². The molecule has 0 fully saturated rings. The van der Waals surface area contributed by atoms with E-state index in [-0.39, 0.29) is 0 Å². The van der Waals surface area contributed by atoms with Crippen LogP contribution in [-0.2, 0) is 13.1 Å². The number of fused-ring (bicyclic) bond motifs is 1. The smallest absolute Gasteiger partial charge is 0.247 e. The Labute approximate surface area is 143 Å². The first-order valence-electron chi connectivity index (χ1n) is 7.69. The Kier molecular flexibility index (Phi) is 4.06. The van der Waals surface area contributed by atoms with Crippen molar-refractivity contribution < 1.29 is 4.42 Å². The van der Waals surface area contributed by atoms with E-state index in [9.17, 15) is 0 Å². The summed E-state index contributed by atoms with van der Waals surface area (Å²) >= 11 is 1.72. The Balaban J connectivity index is 1.44. The number of thiazole rings is 1. The lowest BCUT2D eigenvalue weighted by Crippen LogP contribution is -2.17. The Bertz CT molecular complexity index is 915. The molecule has 0 bridgehead atoms. The van der Waals surface area contributed by atoms with Crippen LogP contribution in [0.2, 0.25) is 0 Å². The fourth-order valence-corrected chi connectivity index (χ4v) is 3.57. The van der Waals surface area contributed by atoms with Crippen LogP contribution in [0.25, 0.3) is 21.7 Å². The van der Waals surface area contributed by atoms with Gasteiger partial charge in [0.05, 0.1) is 23.3 Å². The van der Waals surface area contributed by atoms with E-state index in [0.717, 1.165) is 22.6 Å². The molecule has 2 aromatic heterocycles. The third kappa shape index (κ3) is 3.20. The van der Waals surface area contributed by atoms with Crippen LogP contribution in [0.3, 0.4) is 0 Å². The highest BCUT2D eigenvalue weighted by Gasteiger charge is 2.12. The summed E-state index contributed by atoms with van der Waals surface area (Å²) in [5.41, 5.74) is 1.99. The third-order valence-corrected chi connectivity index (χ3v) is 4.66. The fourth-order valence-electron chi connectivity index (χ4n) is 2.52.